The molecule has 33 heavy (non-hydrogen) atoms. The molecule has 1 aliphatic rings. The van der Waals surface area contributed by atoms with E-state index in [4.69, 9.17) is 9.97 Å². The Morgan fingerprint density at radius 2 is 1.76 bits per heavy atom. The van der Waals surface area contributed by atoms with Crippen molar-refractivity contribution in [1.82, 2.24) is 19.3 Å². The van der Waals surface area contributed by atoms with Gasteiger partial charge in [-0.3, -0.25) is 4.40 Å². The zero-order valence-corrected chi connectivity index (χ0v) is 20.1. The lowest BCUT2D eigenvalue weighted by atomic mass is 10.2. The zero-order chi connectivity index (χ0) is 22.9. The van der Waals surface area contributed by atoms with Crippen LogP contribution in [0.1, 0.15) is 19.5 Å². The van der Waals surface area contributed by atoms with Gasteiger partial charge < -0.3 is 14.7 Å². The van der Waals surface area contributed by atoms with Crippen LogP contribution in [-0.4, -0.2) is 59.0 Å². The molecule has 4 heterocycles. The number of nitrogens with zero attached hydrogens (tertiary/aromatic N) is 6. The van der Waals surface area contributed by atoms with Crippen LogP contribution in [0.4, 0.5) is 21.0 Å². The largest absolute Gasteiger partial charge is 0.368 e. The molecule has 0 amide bonds. The molecule has 8 heteroatoms. The second-order valence-corrected chi connectivity index (χ2v) is 9.19. The second-order valence-electron chi connectivity index (χ2n) is 8.35. The van der Waals surface area contributed by atoms with Gasteiger partial charge in [-0.2, -0.15) is 0 Å². The summed E-state index contributed by atoms with van der Waals surface area (Å²) in [5, 5.41) is 2.90. The van der Waals surface area contributed by atoms with Crippen molar-refractivity contribution < 1.29 is 4.39 Å². The monoisotopic (exact) mass is 464 g/mol. The van der Waals surface area contributed by atoms with E-state index in [-0.39, 0.29) is 5.82 Å². The third kappa shape index (κ3) is 4.20. The van der Waals surface area contributed by atoms with Crippen LogP contribution in [0.3, 0.4) is 0 Å². The van der Waals surface area contributed by atoms with Crippen LogP contribution in [0.5, 0.6) is 0 Å². The second kappa shape index (κ2) is 9.11. The lowest BCUT2D eigenvalue weighted by Gasteiger charge is -2.35. The number of hydrogen-bond acceptors (Lipinski definition) is 6. The maximum Gasteiger partial charge on any atom is 0.191 e. The summed E-state index contributed by atoms with van der Waals surface area (Å²) in [6.45, 7) is 9.72. The molecule has 0 atom stereocenters. The molecular formula is C25H29FN6S. The topological polar surface area (TPSA) is 39.9 Å². The maximum absolute atomic E-state index is 13.3. The third-order valence-electron chi connectivity index (χ3n) is 6.40. The molecule has 3 aromatic heterocycles. The Kier molecular flexibility index (Phi) is 6.03. The average Bonchev–Trinajstić information content (AvgIpc) is 3.49. The van der Waals surface area contributed by atoms with Gasteiger partial charge in [-0.05, 0) is 49.4 Å². The number of thiazole rings is 1. The van der Waals surface area contributed by atoms with E-state index in [0.29, 0.717) is 0 Å². The maximum atomic E-state index is 13.3. The number of aromatic nitrogens is 3. The first-order chi connectivity index (χ1) is 16.1. The number of anilines is 3. The van der Waals surface area contributed by atoms with Crippen LogP contribution in [-0.2, 0) is 6.42 Å². The molecule has 4 aromatic rings. The molecule has 1 fully saturated rings. The summed E-state index contributed by atoms with van der Waals surface area (Å²) in [7, 11) is 2.04. The summed E-state index contributed by atoms with van der Waals surface area (Å²) in [4.78, 5) is 16.8. The van der Waals surface area contributed by atoms with E-state index in [0.717, 1.165) is 72.7 Å². The van der Waals surface area contributed by atoms with Crippen molar-refractivity contribution in [1.29, 1.82) is 0 Å². The van der Waals surface area contributed by atoms with Crippen LogP contribution in [0.15, 0.2) is 48.0 Å². The molecule has 5 rings (SSSR count). The van der Waals surface area contributed by atoms with Crippen LogP contribution in [0.25, 0.3) is 16.9 Å². The fourth-order valence-corrected chi connectivity index (χ4v) is 5.24. The molecule has 0 radical (unpaired) electrons. The summed E-state index contributed by atoms with van der Waals surface area (Å²) in [6.07, 6.45) is 3.05. The first-order valence-corrected chi connectivity index (χ1v) is 12.4. The van der Waals surface area contributed by atoms with E-state index >= 15 is 0 Å². The van der Waals surface area contributed by atoms with Gasteiger partial charge in [0.2, 0.25) is 0 Å². The number of rotatable bonds is 6. The molecule has 1 aromatic carbocycles. The molecule has 0 aliphatic carbocycles. The summed E-state index contributed by atoms with van der Waals surface area (Å²) in [5.74, 6) is 0.804. The van der Waals surface area contributed by atoms with Crippen molar-refractivity contribution >= 4 is 33.6 Å². The van der Waals surface area contributed by atoms with Crippen molar-refractivity contribution in [2.75, 3.05) is 49.6 Å². The number of pyridine rings is 1. The molecular weight excluding hydrogens is 435 g/mol. The molecule has 0 N–H and O–H groups in total. The first-order valence-electron chi connectivity index (χ1n) is 11.5. The van der Waals surface area contributed by atoms with Gasteiger partial charge in [-0.25, -0.2) is 14.4 Å². The number of piperazine rings is 1. The van der Waals surface area contributed by atoms with Gasteiger partial charge in [0, 0.05) is 50.4 Å². The Morgan fingerprint density at radius 3 is 2.45 bits per heavy atom. The van der Waals surface area contributed by atoms with Crippen LogP contribution in [0, 0.1) is 5.82 Å². The highest BCUT2D eigenvalue weighted by atomic mass is 32.1. The van der Waals surface area contributed by atoms with Gasteiger partial charge in [0.1, 0.15) is 17.3 Å². The van der Waals surface area contributed by atoms with E-state index in [2.05, 4.69) is 51.3 Å². The van der Waals surface area contributed by atoms with Crippen molar-refractivity contribution in [3.05, 3.63) is 59.5 Å². The number of aryl methyl sites for hydroxylation is 1. The van der Waals surface area contributed by atoms with Crippen molar-refractivity contribution in [2.45, 2.75) is 20.3 Å². The fraction of sp³-hybridized carbons (Fsp3) is 0.360. The van der Waals surface area contributed by atoms with E-state index in [1.165, 1.54) is 17.8 Å². The summed E-state index contributed by atoms with van der Waals surface area (Å²) in [5.41, 5.74) is 4.97. The number of benzene rings is 1. The lowest BCUT2D eigenvalue weighted by Crippen LogP contribution is -2.46. The zero-order valence-electron chi connectivity index (χ0n) is 19.3. The predicted molar refractivity (Wildman–Crippen MR) is 134 cm³/mol. The number of likely N-dealkylation sites (N-methyl/N-ethyl adjacent to an activating group) is 1. The van der Waals surface area contributed by atoms with E-state index in [9.17, 15) is 4.39 Å². The standard InChI is InChI=1S/C25H29FN6S/c1-4-21-24(29(3)25-28-22(17-33-25)18-6-8-19(26)9-7-18)32-16-20(10-11-23(32)27-21)31-14-12-30(5-2)13-15-31/h6-11,16-17H,4-5,12-15H2,1-3H3. The van der Waals surface area contributed by atoms with E-state index < -0.39 is 0 Å². The van der Waals surface area contributed by atoms with E-state index in [1.807, 2.05) is 12.4 Å². The SMILES string of the molecule is CCc1nc2ccc(N3CCN(CC)CC3)cn2c1N(C)c1nc(-c2ccc(F)cc2)cs1. The van der Waals surface area contributed by atoms with Gasteiger partial charge in [0.15, 0.2) is 5.13 Å². The molecule has 0 spiro atoms. The smallest absolute Gasteiger partial charge is 0.191 e. The minimum absolute atomic E-state index is 0.239. The quantitative estimate of drug-likeness (QED) is 0.398. The molecule has 0 bridgehead atoms. The highest BCUT2D eigenvalue weighted by Gasteiger charge is 2.21. The minimum atomic E-state index is -0.239. The normalized spacial score (nSPS) is 14.8. The van der Waals surface area contributed by atoms with Crippen molar-refractivity contribution in [2.24, 2.45) is 0 Å². The van der Waals surface area contributed by atoms with Crippen molar-refractivity contribution in [3.8, 4) is 11.3 Å². The molecule has 172 valence electrons. The third-order valence-corrected chi connectivity index (χ3v) is 7.32. The number of halogens is 1. The Balaban J connectivity index is 1.48. The molecule has 1 aliphatic heterocycles. The van der Waals surface area contributed by atoms with Gasteiger partial charge in [0.25, 0.3) is 0 Å². The minimum Gasteiger partial charge on any atom is -0.368 e. The van der Waals surface area contributed by atoms with Crippen LogP contribution >= 0.6 is 11.3 Å². The Labute approximate surface area is 197 Å². The molecule has 0 unspecified atom stereocenters. The van der Waals surface area contributed by atoms with Gasteiger partial charge in [-0.15, -0.1) is 11.3 Å². The van der Waals surface area contributed by atoms with Crippen LogP contribution in [0.2, 0.25) is 0 Å². The van der Waals surface area contributed by atoms with Crippen molar-refractivity contribution in [3.63, 3.8) is 0 Å². The number of fused-ring (bicyclic) bond motifs is 1. The summed E-state index contributed by atoms with van der Waals surface area (Å²) < 4.78 is 15.5. The highest BCUT2D eigenvalue weighted by Crippen LogP contribution is 2.34. The predicted octanol–water partition coefficient (Wildman–Crippen LogP) is 5.07. The average molecular weight is 465 g/mol. The lowest BCUT2D eigenvalue weighted by molar-refractivity contribution is 0.271. The highest BCUT2D eigenvalue weighted by molar-refractivity contribution is 7.14. The van der Waals surface area contributed by atoms with Gasteiger partial charge >= 0.3 is 0 Å². The van der Waals surface area contributed by atoms with Gasteiger partial charge in [0.05, 0.1) is 17.1 Å². The Bertz CT molecular complexity index is 1240. The molecule has 6 nitrogen and oxygen atoms in total. The van der Waals surface area contributed by atoms with Gasteiger partial charge in [-0.1, -0.05) is 13.8 Å². The fourth-order valence-electron chi connectivity index (χ4n) is 4.43. The number of hydrogen-bond donors (Lipinski definition) is 0. The Morgan fingerprint density at radius 1 is 1.00 bits per heavy atom. The molecule has 1 saturated heterocycles. The van der Waals surface area contributed by atoms with E-state index in [1.54, 1.807) is 23.5 Å². The number of imidazole rings is 1. The summed E-state index contributed by atoms with van der Waals surface area (Å²) >= 11 is 1.58. The first kappa shape index (κ1) is 21.9. The Hall–Kier alpha value is -2.97. The molecule has 0 saturated carbocycles. The summed E-state index contributed by atoms with van der Waals surface area (Å²) in [6, 6.07) is 10.8. The van der Waals surface area contributed by atoms with Crippen LogP contribution < -0.4 is 9.80 Å².